The summed E-state index contributed by atoms with van der Waals surface area (Å²) in [5.74, 6) is 1.33. The second-order valence-corrected chi connectivity index (χ2v) is 8.56. The average molecular weight is 478 g/mol. The Morgan fingerprint density at radius 1 is 1.00 bits per heavy atom. The number of ether oxygens (including phenoxy) is 1. The first-order chi connectivity index (χ1) is 17.0. The molecule has 2 aromatic carbocycles. The van der Waals surface area contributed by atoms with Crippen molar-refractivity contribution < 1.29 is 14.5 Å². The summed E-state index contributed by atoms with van der Waals surface area (Å²) in [5, 5.41) is 15.9. The molecule has 2 aliphatic heterocycles. The summed E-state index contributed by atoms with van der Waals surface area (Å²) < 4.78 is 5.17. The van der Waals surface area contributed by atoms with Gasteiger partial charge in [-0.3, -0.25) is 14.9 Å². The highest BCUT2D eigenvalue weighted by Crippen LogP contribution is 2.36. The van der Waals surface area contributed by atoms with Crippen LogP contribution < -0.4 is 19.9 Å². The van der Waals surface area contributed by atoms with Crippen molar-refractivity contribution in [3.05, 3.63) is 58.4 Å². The fourth-order valence-electron chi connectivity index (χ4n) is 4.66. The number of hydrogen-bond acceptors (Lipinski definition) is 9. The topological polar surface area (TPSA) is 117 Å². The van der Waals surface area contributed by atoms with E-state index in [2.05, 4.69) is 20.2 Å². The molecule has 11 heteroatoms. The molecule has 182 valence electrons. The maximum absolute atomic E-state index is 12.9. The van der Waals surface area contributed by atoms with Crippen LogP contribution in [0.4, 0.5) is 17.2 Å². The van der Waals surface area contributed by atoms with Crippen LogP contribution in [0, 0.1) is 10.1 Å². The largest absolute Gasteiger partial charge is 0.497 e. The highest BCUT2D eigenvalue weighted by atomic mass is 16.6. The van der Waals surface area contributed by atoms with Crippen LogP contribution in [0.25, 0.3) is 10.9 Å². The van der Waals surface area contributed by atoms with Gasteiger partial charge in [-0.2, -0.15) is 0 Å². The van der Waals surface area contributed by atoms with Gasteiger partial charge in [0.05, 0.1) is 17.5 Å². The molecule has 1 amide bonds. The number of hydrogen-bond donors (Lipinski definition) is 1. The molecule has 0 atom stereocenters. The average Bonchev–Trinajstić information content (AvgIpc) is 2.92. The lowest BCUT2D eigenvalue weighted by Gasteiger charge is -2.36. The van der Waals surface area contributed by atoms with Gasteiger partial charge in [0.15, 0.2) is 0 Å². The van der Waals surface area contributed by atoms with Crippen molar-refractivity contribution in [1.29, 1.82) is 0 Å². The summed E-state index contributed by atoms with van der Waals surface area (Å²) in [7, 11) is 1.59. The number of aromatic nitrogens is 2. The zero-order valence-electron chi connectivity index (χ0n) is 19.5. The number of anilines is 2. The van der Waals surface area contributed by atoms with E-state index in [1.807, 2.05) is 9.80 Å². The Hall–Kier alpha value is -3.99. The quantitative estimate of drug-likeness (QED) is 0.434. The van der Waals surface area contributed by atoms with E-state index < -0.39 is 0 Å². The van der Waals surface area contributed by atoms with Crippen molar-refractivity contribution in [2.75, 3.05) is 69.3 Å². The first-order valence-electron chi connectivity index (χ1n) is 11.6. The van der Waals surface area contributed by atoms with Gasteiger partial charge in [-0.05, 0) is 30.3 Å². The number of amides is 1. The lowest BCUT2D eigenvalue weighted by atomic mass is 10.1. The van der Waals surface area contributed by atoms with Crippen LogP contribution in [-0.4, -0.2) is 85.2 Å². The molecule has 3 heterocycles. The van der Waals surface area contributed by atoms with Gasteiger partial charge >= 0.3 is 0 Å². The van der Waals surface area contributed by atoms with E-state index in [9.17, 15) is 14.9 Å². The SMILES string of the molecule is COc1ccc(C(=O)N2CCN(c3ncnc4cc(N5CCNCC5)c([N+](=O)[O-])cc34)CC2)cc1. The maximum atomic E-state index is 12.9. The van der Waals surface area contributed by atoms with Crippen molar-refractivity contribution in [3.63, 3.8) is 0 Å². The van der Waals surface area contributed by atoms with E-state index in [0.717, 1.165) is 13.1 Å². The lowest BCUT2D eigenvalue weighted by molar-refractivity contribution is -0.384. The fourth-order valence-corrected chi connectivity index (χ4v) is 4.66. The van der Waals surface area contributed by atoms with Gasteiger partial charge in [0.1, 0.15) is 23.6 Å². The standard InChI is InChI=1S/C24H27N7O4/c1-35-18-4-2-17(3-5-18)24(32)30-12-10-29(11-13-30)23-19-14-22(31(33)34)21(15-20(19)26-16-27-23)28-8-6-25-7-9-28/h2-5,14-16,25H,6-13H2,1H3. The molecule has 35 heavy (non-hydrogen) atoms. The fraction of sp³-hybridized carbons (Fsp3) is 0.375. The third kappa shape index (κ3) is 4.54. The predicted octanol–water partition coefficient (Wildman–Crippen LogP) is 1.92. The van der Waals surface area contributed by atoms with Crippen molar-refractivity contribution in [2.24, 2.45) is 0 Å². The highest BCUT2D eigenvalue weighted by Gasteiger charge is 2.27. The number of methoxy groups -OCH3 is 1. The summed E-state index contributed by atoms with van der Waals surface area (Å²) in [5.41, 5.74) is 1.93. The molecule has 2 saturated heterocycles. The molecular formula is C24H27N7O4. The number of rotatable bonds is 5. The van der Waals surface area contributed by atoms with Crippen molar-refractivity contribution >= 4 is 34.0 Å². The molecule has 0 aliphatic carbocycles. The minimum atomic E-state index is -0.334. The van der Waals surface area contributed by atoms with Crippen LogP contribution in [0.3, 0.4) is 0 Å². The molecule has 5 rings (SSSR count). The third-order valence-electron chi connectivity index (χ3n) is 6.57. The molecular weight excluding hydrogens is 450 g/mol. The van der Waals surface area contributed by atoms with Gasteiger partial charge in [-0.15, -0.1) is 0 Å². The van der Waals surface area contributed by atoms with Gasteiger partial charge in [-0.1, -0.05) is 0 Å². The van der Waals surface area contributed by atoms with E-state index in [1.165, 1.54) is 6.33 Å². The third-order valence-corrected chi connectivity index (χ3v) is 6.57. The number of carbonyl (C=O) groups is 1. The summed E-state index contributed by atoms with van der Waals surface area (Å²) in [6, 6.07) is 10.5. The number of nitro groups is 1. The number of nitrogens with one attached hydrogen (secondary N) is 1. The second-order valence-electron chi connectivity index (χ2n) is 8.56. The van der Waals surface area contributed by atoms with E-state index in [4.69, 9.17) is 4.74 Å². The smallest absolute Gasteiger partial charge is 0.293 e. The van der Waals surface area contributed by atoms with Crippen LogP contribution in [0.15, 0.2) is 42.7 Å². The lowest BCUT2D eigenvalue weighted by Crippen LogP contribution is -2.49. The van der Waals surface area contributed by atoms with Gasteiger partial charge in [-0.25, -0.2) is 9.97 Å². The van der Waals surface area contributed by atoms with E-state index in [-0.39, 0.29) is 16.5 Å². The van der Waals surface area contributed by atoms with Crippen LogP contribution in [0.5, 0.6) is 5.75 Å². The van der Waals surface area contributed by atoms with Crippen LogP contribution in [-0.2, 0) is 0 Å². The Morgan fingerprint density at radius 3 is 2.37 bits per heavy atom. The molecule has 0 unspecified atom stereocenters. The molecule has 2 fully saturated rings. The summed E-state index contributed by atoms with van der Waals surface area (Å²) >= 11 is 0. The Kier molecular flexibility index (Phi) is 6.32. The normalized spacial score (nSPS) is 16.4. The molecule has 0 spiro atoms. The zero-order valence-corrected chi connectivity index (χ0v) is 19.5. The Bertz CT molecular complexity index is 1240. The van der Waals surface area contributed by atoms with Gasteiger partial charge in [0.25, 0.3) is 11.6 Å². The predicted molar refractivity (Wildman–Crippen MR) is 132 cm³/mol. The molecule has 0 radical (unpaired) electrons. The van der Waals surface area contributed by atoms with E-state index in [1.54, 1.807) is 43.5 Å². The second kappa shape index (κ2) is 9.71. The van der Waals surface area contributed by atoms with E-state index >= 15 is 0 Å². The van der Waals surface area contributed by atoms with Crippen molar-refractivity contribution in [1.82, 2.24) is 20.2 Å². The zero-order chi connectivity index (χ0) is 24.4. The first kappa shape index (κ1) is 22.8. The Morgan fingerprint density at radius 2 is 1.71 bits per heavy atom. The van der Waals surface area contributed by atoms with E-state index in [0.29, 0.717) is 73.0 Å². The molecule has 1 N–H and O–H groups in total. The Balaban J connectivity index is 1.37. The number of benzene rings is 2. The molecule has 11 nitrogen and oxygen atoms in total. The van der Waals surface area contributed by atoms with Gasteiger partial charge in [0, 0.05) is 69.4 Å². The molecule has 1 aromatic heterocycles. The van der Waals surface area contributed by atoms with Crippen LogP contribution in [0.2, 0.25) is 0 Å². The first-order valence-corrected chi connectivity index (χ1v) is 11.6. The number of fused-ring (bicyclic) bond motifs is 1. The van der Waals surface area contributed by atoms with Gasteiger partial charge < -0.3 is 24.8 Å². The van der Waals surface area contributed by atoms with Crippen molar-refractivity contribution in [2.45, 2.75) is 0 Å². The molecule has 2 aliphatic rings. The number of nitro benzene ring substituents is 1. The minimum absolute atomic E-state index is 0.0313. The number of nitrogens with zero attached hydrogens (tertiary/aromatic N) is 6. The van der Waals surface area contributed by atoms with Crippen LogP contribution >= 0.6 is 0 Å². The van der Waals surface area contributed by atoms with Crippen LogP contribution in [0.1, 0.15) is 10.4 Å². The summed E-state index contributed by atoms with van der Waals surface area (Å²) in [4.78, 5) is 39.3. The highest BCUT2D eigenvalue weighted by molar-refractivity contribution is 5.96. The summed E-state index contributed by atoms with van der Waals surface area (Å²) in [6.07, 6.45) is 1.50. The molecule has 0 bridgehead atoms. The Labute approximate surface area is 202 Å². The summed E-state index contributed by atoms with van der Waals surface area (Å²) in [6.45, 7) is 5.16. The number of carbonyl (C=O) groups excluding carboxylic acids is 1. The minimum Gasteiger partial charge on any atom is -0.497 e. The van der Waals surface area contributed by atoms with Gasteiger partial charge in [0.2, 0.25) is 0 Å². The molecule has 3 aromatic rings. The van der Waals surface area contributed by atoms with Crippen molar-refractivity contribution in [3.8, 4) is 5.75 Å². The molecule has 0 saturated carbocycles. The maximum Gasteiger partial charge on any atom is 0.293 e. The monoisotopic (exact) mass is 477 g/mol. The number of piperazine rings is 2.